The molecule has 0 aromatic heterocycles. The number of carbonyl (C=O) groups is 3. The van der Waals surface area contributed by atoms with Gasteiger partial charge in [0, 0.05) is 17.1 Å². The number of hydrogen-bond donors (Lipinski definition) is 1. The standard InChI is InChI=1S/C26H20ClNO5/c1-33-26(32)19-9-7-17(8-10-19)22-21(23(29)18-11-13-20(27)14-12-18)24(30)25(31)28(22)15-16-5-3-2-4-6-16/h2-14,22,29H,15H2,1H3. The van der Waals surface area contributed by atoms with E-state index in [1.54, 1.807) is 48.5 Å². The maximum atomic E-state index is 13.1. The normalized spacial score (nSPS) is 17.3. The fourth-order valence-corrected chi connectivity index (χ4v) is 3.98. The van der Waals surface area contributed by atoms with Crippen LogP contribution in [0.25, 0.3) is 5.76 Å². The molecule has 6 nitrogen and oxygen atoms in total. The van der Waals surface area contributed by atoms with Crippen LogP contribution in [0.2, 0.25) is 5.02 Å². The second-order valence-corrected chi connectivity index (χ2v) is 7.97. The lowest BCUT2D eigenvalue weighted by Gasteiger charge is -2.25. The number of Topliss-reactive ketones (excluding diaryl/α,β-unsaturated/α-hetero) is 1. The van der Waals surface area contributed by atoms with Gasteiger partial charge in [-0.3, -0.25) is 9.59 Å². The SMILES string of the molecule is COC(=O)c1ccc(C2C(=C(O)c3ccc(Cl)cc3)C(=O)C(=O)N2Cc2ccccc2)cc1. The summed E-state index contributed by atoms with van der Waals surface area (Å²) in [4.78, 5) is 39.4. The maximum absolute atomic E-state index is 13.1. The lowest BCUT2D eigenvalue weighted by atomic mass is 9.94. The van der Waals surface area contributed by atoms with Gasteiger partial charge in [0.05, 0.1) is 24.3 Å². The molecule has 0 saturated carbocycles. The van der Waals surface area contributed by atoms with Crippen molar-refractivity contribution in [1.29, 1.82) is 0 Å². The molecular formula is C26H20ClNO5. The molecule has 1 amide bonds. The maximum Gasteiger partial charge on any atom is 0.337 e. The Bertz CT molecular complexity index is 1230. The van der Waals surface area contributed by atoms with Crippen molar-refractivity contribution in [3.05, 3.63) is 112 Å². The van der Waals surface area contributed by atoms with Gasteiger partial charge in [-0.2, -0.15) is 0 Å². The zero-order valence-electron chi connectivity index (χ0n) is 17.7. The number of likely N-dealkylation sites (tertiary alicyclic amines) is 1. The number of ketones is 1. The summed E-state index contributed by atoms with van der Waals surface area (Å²) >= 11 is 5.95. The van der Waals surface area contributed by atoms with Gasteiger partial charge in [0.2, 0.25) is 0 Å². The van der Waals surface area contributed by atoms with E-state index < -0.39 is 23.7 Å². The van der Waals surface area contributed by atoms with Gasteiger partial charge >= 0.3 is 5.97 Å². The number of aliphatic hydroxyl groups excluding tert-OH is 1. The monoisotopic (exact) mass is 461 g/mol. The Kier molecular flexibility index (Phi) is 6.29. The topological polar surface area (TPSA) is 83.9 Å². The van der Waals surface area contributed by atoms with Crippen molar-refractivity contribution >= 4 is 35.0 Å². The van der Waals surface area contributed by atoms with Crippen molar-refractivity contribution in [2.24, 2.45) is 0 Å². The molecule has 1 fully saturated rings. The smallest absolute Gasteiger partial charge is 0.337 e. The largest absolute Gasteiger partial charge is 0.507 e. The van der Waals surface area contributed by atoms with Crippen LogP contribution in [0, 0.1) is 0 Å². The van der Waals surface area contributed by atoms with E-state index in [1.807, 2.05) is 30.3 Å². The van der Waals surface area contributed by atoms with Gasteiger partial charge in [-0.05, 0) is 47.5 Å². The van der Waals surface area contributed by atoms with Crippen molar-refractivity contribution in [3.8, 4) is 0 Å². The van der Waals surface area contributed by atoms with E-state index in [-0.39, 0.29) is 17.9 Å². The van der Waals surface area contributed by atoms with Crippen LogP contribution >= 0.6 is 11.6 Å². The number of ether oxygens (including phenoxy) is 1. The number of hydrogen-bond acceptors (Lipinski definition) is 5. The minimum atomic E-state index is -0.840. The van der Waals surface area contributed by atoms with Crippen LogP contribution in [0.3, 0.4) is 0 Å². The molecular weight excluding hydrogens is 442 g/mol. The van der Waals surface area contributed by atoms with Crippen LogP contribution in [-0.2, 0) is 20.9 Å². The number of esters is 1. The Labute approximate surface area is 195 Å². The van der Waals surface area contributed by atoms with E-state index in [0.717, 1.165) is 5.56 Å². The number of methoxy groups -OCH3 is 1. The third kappa shape index (κ3) is 4.38. The molecule has 1 heterocycles. The molecule has 1 N–H and O–H groups in total. The molecule has 4 rings (SSSR count). The van der Waals surface area contributed by atoms with Crippen LogP contribution in [0.15, 0.2) is 84.4 Å². The number of aliphatic hydroxyl groups is 1. The van der Waals surface area contributed by atoms with E-state index >= 15 is 0 Å². The Morgan fingerprint density at radius 2 is 1.55 bits per heavy atom. The summed E-state index contributed by atoms with van der Waals surface area (Å²) in [7, 11) is 1.29. The Morgan fingerprint density at radius 1 is 0.939 bits per heavy atom. The Morgan fingerprint density at radius 3 is 2.15 bits per heavy atom. The van der Waals surface area contributed by atoms with Crippen LogP contribution in [-0.4, -0.2) is 34.8 Å². The molecule has 0 aliphatic carbocycles. The molecule has 166 valence electrons. The van der Waals surface area contributed by atoms with Crippen LogP contribution in [0.1, 0.15) is 33.1 Å². The van der Waals surface area contributed by atoms with Gasteiger partial charge in [-0.1, -0.05) is 54.1 Å². The van der Waals surface area contributed by atoms with Gasteiger partial charge in [-0.15, -0.1) is 0 Å². The summed E-state index contributed by atoms with van der Waals surface area (Å²) in [5, 5.41) is 11.5. The third-order valence-electron chi connectivity index (χ3n) is 5.50. The average molecular weight is 462 g/mol. The lowest BCUT2D eigenvalue weighted by Crippen LogP contribution is -2.29. The van der Waals surface area contributed by atoms with Crippen molar-refractivity contribution in [2.45, 2.75) is 12.6 Å². The summed E-state index contributed by atoms with van der Waals surface area (Å²) in [6.45, 7) is 0.173. The van der Waals surface area contributed by atoms with Crippen LogP contribution in [0.4, 0.5) is 0 Å². The second kappa shape index (κ2) is 9.30. The zero-order chi connectivity index (χ0) is 23.5. The Hall–Kier alpha value is -3.90. The highest BCUT2D eigenvalue weighted by Gasteiger charge is 2.46. The molecule has 1 saturated heterocycles. The second-order valence-electron chi connectivity index (χ2n) is 7.53. The molecule has 1 aliphatic heterocycles. The summed E-state index contributed by atoms with van der Waals surface area (Å²) < 4.78 is 4.74. The molecule has 1 aliphatic rings. The highest BCUT2D eigenvalue weighted by molar-refractivity contribution is 6.46. The van der Waals surface area contributed by atoms with Gasteiger partial charge in [0.25, 0.3) is 11.7 Å². The van der Waals surface area contributed by atoms with E-state index in [9.17, 15) is 19.5 Å². The number of halogens is 1. The summed E-state index contributed by atoms with van der Waals surface area (Å²) in [6, 6.07) is 21.2. The summed E-state index contributed by atoms with van der Waals surface area (Å²) in [5.74, 6) is -2.28. The predicted molar refractivity (Wildman–Crippen MR) is 124 cm³/mol. The lowest BCUT2D eigenvalue weighted by molar-refractivity contribution is -0.140. The van der Waals surface area contributed by atoms with Crippen molar-refractivity contribution in [2.75, 3.05) is 7.11 Å². The van der Waals surface area contributed by atoms with E-state index in [1.165, 1.54) is 12.0 Å². The number of carbonyl (C=O) groups excluding carboxylic acids is 3. The van der Waals surface area contributed by atoms with Gasteiger partial charge < -0.3 is 14.7 Å². The first-order chi connectivity index (χ1) is 15.9. The number of benzene rings is 3. The number of rotatable bonds is 5. The molecule has 0 spiro atoms. The van der Waals surface area contributed by atoms with Crippen molar-refractivity contribution in [3.63, 3.8) is 0 Å². The first-order valence-corrected chi connectivity index (χ1v) is 10.5. The number of nitrogens with zero attached hydrogens (tertiary/aromatic N) is 1. The molecule has 7 heteroatoms. The highest BCUT2D eigenvalue weighted by Crippen LogP contribution is 2.40. The fraction of sp³-hybridized carbons (Fsp3) is 0.115. The molecule has 1 atom stereocenters. The van der Waals surface area contributed by atoms with Gasteiger partial charge in [0.15, 0.2) is 0 Å². The first kappa shape index (κ1) is 22.3. The van der Waals surface area contributed by atoms with Crippen molar-refractivity contribution < 1.29 is 24.2 Å². The Balaban J connectivity index is 1.84. The number of amides is 1. The molecule has 3 aromatic rings. The molecule has 33 heavy (non-hydrogen) atoms. The molecule has 1 unspecified atom stereocenters. The summed E-state index contributed by atoms with van der Waals surface area (Å²) in [5.41, 5.74) is 2.09. The zero-order valence-corrected chi connectivity index (χ0v) is 18.5. The minimum Gasteiger partial charge on any atom is -0.507 e. The van der Waals surface area contributed by atoms with Crippen molar-refractivity contribution in [1.82, 2.24) is 4.90 Å². The molecule has 0 radical (unpaired) electrons. The fourth-order valence-electron chi connectivity index (χ4n) is 3.85. The minimum absolute atomic E-state index is 0.0240. The predicted octanol–water partition coefficient (Wildman–Crippen LogP) is 4.75. The van der Waals surface area contributed by atoms with E-state index in [4.69, 9.17) is 16.3 Å². The summed E-state index contributed by atoms with van der Waals surface area (Å²) in [6.07, 6.45) is 0. The van der Waals surface area contributed by atoms with Crippen LogP contribution < -0.4 is 0 Å². The first-order valence-electron chi connectivity index (χ1n) is 10.2. The van der Waals surface area contributed by atoms with Gasteiger partial charge in [-0.25, -0.2) is 4.79 Å². The molecule has 0 bridgehead atoms. The van der Waals surface area contributed by atoms with E-state index in [0.29, 0.717) is 21.7 Å². The molecule has 3 aromatic carbocycles. The quantitative estimate of drug-likeness (QED) is 0.256. The van der Waals surface area contributed by atoms with E-state index in [2.05, 4.69) is 0 Å². The highest BCUT2D eigenvalue weighted by atomic mass is 35.5. The van der Waals surface area contributed by atoms with Crippen LogP contribution in [0.5, 0.6) is 0 Å². The average Bonchev–Trinajstić information content (AvgIpc) is 3.09. The van der Waals surface area contributed by atoms with Gasteiger partial charge in [0.1, 0.15) is 5.76 Å². The third-order valence-corrected chi connectivity index (χ3v) is 5.75.